The molecule has 1 atom stereocenters. The van der Waals surface area contributed by atoms with E-state index in [0.717, 1.165) is 0 Å². The quantitative estimate of drug-likeness (QED) is 0.668. The number of aliphatic hydroxyl groups is 1. The van der Waals surface area contributed by atoms with E-state index in [1.807, 2.05) is 0 Å². The maximum Gasteiger partial charge on any atom is 0.255 e. The van der Waals surface area contributed by atoms with Gasteiger partial charge in [-0.1, -0.05) is 23.7 Å². The molecule has 0 saturated heterocycles. The summed E-state index contributed by atoms with van der Waals surface area (Å²) in [6.07, 6.45) is 0. The van der Waals surface area contributed by atoms with E-state index in [0.29, 0.717) is 22.3 Å². The zero-order valence-corrected chi connectivity index (χ0v) is 10.0. The zero-order chi connectivity index (χ0) is 12.9. The molecule has 1 aromatic rings. The number of nitriles is 3. The lowest BCUT2D eigenvalue weighted by molar-refractivity contribution is 0.155. The van der Waals surface area contributed by atoms with E-state index in [-0.39, 0.29) is 0 Å². The third-order valence-corrected chi connectivity index (χ3v) is 3.27. The van der Waals surface area contributed by atoms with Crippen LogP contribution in [0.4, 0.5) is 0 Å². The van der Waals surface area contributed by atoms with Gasteiger partial charge in [-0.15, -0.1) is 0 Å². The minimum atomic E-state index is -2.24. The molecule has 0 aliphatic heterocycles. The Morgan fingerprint density at radius 1 is 1.18 bits per heavy atom. The second-order valence-electron chi connectivity index (χ2n) is 3.13. The van der Waals surface area contributed by atoms with Gasteiger partial charge < -0.3 is 5.11 Å². The number of thiocyanates is 1. The Balaban J connectivity index is 3.21. The van der Waals surface area contributed by atoms with Gasteiger partial charge in [-0.25, -0.2) is 0 Å². The minimum Gasteiger partial charge on any atom is -0.363 e. The predicted molar refractivity (Wildman–Crippen MR) is 63.6 cm³/mol. The van der Waals surface area contributed by atoms with Gasteiger partial charge in [0.25, 0.3) is 5.60 Å². The van der Waals surface area contributed by atoms with E-state index in [4.69, 9.17) is 27.4 Å². The molecule has 17 heavy (non-hydrogen) atoms. The Morgan fingerprint density at radius 3 is 2.12 bits per heavy atom. The highest BCUT2D eigenvalue weighted by molar-refractivity contribution is 8.04. The number of nitrogens with zero attached hydrogens (tertiary/aromatic N) is 3. The first-order chi connectivity index (χ1) is 8.07. The van der Waals surface area contributed by atoms with Crippen molar-refractivity contribution in [3.05, 3.63) is 34.9 Å². The SMILES string of the molecule is N#CSC(c1ccc(Cl)cc1)C(O)(C#N)C#N. The molecule has 0 saturated carbocycles. The highest BCUT2D eigenvalue weighted by Gasteiger charge is 2.39. The van der Waals surface area contributed by atoms with Crippen LogP contribution in [-0.4, -0.2) is 10.7 Å². The molecule has 0 heterocycles. The molecule has 1 N–H and O–H groups in total. The van der Waals surface area contributed by atoms with Gasteiger partial charge in [0.05, 0.1) is 0 Å². The van der Waals surface area contributed by atoms with Crippen LogP contribution >= 0.6 is 23.4 Å². The largest absolute Gasteiger partial charge is 0.363 e. The van der Waals surface area contributed by atoms with Gasteiger partial charge in [-0.3, -0.25) is 0 Å². The van der Waals surface area contributed by atoms with Crippen molar-refractivity contribution in [3.63, 3.8) is 0 Å². The Morgan fingerprint density at radius 2 is 1.71 bits per heavy atom. The summed E-state index contributed by atoms with van der Waals surface area (Å²) in [6, 6.07) is 9.30. The maximum absolute atomic E-state index is 9.82. The van der Waals surface area contributed by atoms with Crippen molar-refractivity contribution in [1.29, 1.82) is 15.8 Å². The molecule has 0 fully saturated rings. The molecule has 84 valence electrons. The Kier molecular flexibility index (Phi) is 4.37. The monoisotopic (exact) mass is 263 g/mol. The number of hydrogen-bond donors (Lipinski definition) is 1. The summed E-state index contributed by atoms with van der Waals surface area (Å²) in [6.45, 7) is 0. The van der Waals surface area contributed by atoms with Crippen molar-refractivity contribution in [2.45, 2.75) is 10.9 Å². The van der Waals surface area contributed by atoms with E-state index in [9.17, 15) is 5.11 Å². The third-order valence-electron chi connectivity index (χ3n) is 2.06. The minimum absolute atomic E-state index is 0.492. The van der Waals surface area contributed by atoms with Gasteiger partial charge >= 0.3 is 0 Å². The number of halogens is 1. The first kappa shape index (κ1) is 13.4. The standard InChI is InChI=1S/C11H6ClN3OS/c12-9-3-1-8(2-4-9)10(17-7-15)11(16,5-13)6-14/h1-4,10,16H. The van der Waals surface area contributed by atoms with Crippen LogP contribution in [0.3, 0.4) is 0 Å². The molecule has 0 aromatic heterocycles. The molecule has 0 radical (unpaired) electrons. The summed E-state index contributed by atoms with van der Waals surface area (Å²) >= 11 is 6.37. The van der Waals surface area contributed by atoms with Gasteiger partial charge in [0.2, 0.25) is 0 Å². The third kappa shape index (κ3) is 2.90. The van der Waals surface area contributed by atoms with Gasteiger partial charge in [0.1, 0.15) is 22.8 Å². The molecule has 4 nitrogen and oxygen atoms in total. The normalized spacial score (nSPS) is 11.9. The van der Waals surface area contributed by atoms with E-state index >= 15 is 0 Å². The zero-order valence-electron chi connectivity index (χ0n) is 8.46. The van der Waals surface area contributed by atoms with E-state index in [1.165, 1.54) is 12.1 Å². The molecule has 0 spiro atoms. The van der Waals surface area contributed by atoms with Gasteiger partial charge in [-0.05, 0) is 29.5 Å². The lowest BCUT2D eigenvalue weighted by Gasteiger charge is -2.21. The van der Waals surface area contributed by atoms with Gasteiger partial charge in [0, 0.05) is 5.02 Å². The summed E-state index contributed by atoms with van der Waals surface area (Å²) in [5.41, 5.74) is -1.75. The fourth-order valence-corrected chi connectivity index (χ4v) is 2.03. The smallest absolute Gasteiger partial charge is 0.255 e. The molecule has 0 aliphatic carbocycles. The highest BCUT2D eigenvalue weighted by Crippen LogP contribution is 2.38. The average molecular weight is 264 g/mol. The summed E-state index contributed by atoms with van der Waals surface area (Å²) in [4.78, 5) is 0. The van der Waals surface area contributed by atoms with Crippen molar-refractivity contribution in [1.82, 2.24) is 0 Å². The molecule has 0 amide bonds. The van der Waals surface area contributed by atoms with Crippen LogP contribution < -0.4 is 0 Å². The molecule has 1 unspecified atom stereocenters. The Bertz CT molecular complexity index is 510. The number of rotatable bonds is 3. The van der Waals surface area contributed by atoms with Crippen molar-refractivity contribution in [3.8, 4) is 17.5 Å². The number of benzene rings is 1. The van der Waals surface area contributed by atoms with E-state index < -0.39 is 10.9 Å². The molecule has 0 aliphatic rings. The Hall–Kier alpha value is -1.71. The summed E-state index contributed by atoms with van der Waals surface area (Å²) in [7, 11) is 0. The molecular weight excluding hydrogens is 258 g/mol. The van der Waals surface area contributed by atoms with Crippen molar-refractivity contribution >= 4 is 23.4 Å². The second-order valence-corrected chi connectivity index (χ2v) is 4.46. The van der Waals surface area contributed by atoms with Crippen molar-refractivity contribution in [2.75, 3.05) is 0 Å². The van der Waals surface area contributed by atoms with E-state index in [1.54, 1.807) is 29.7 Å². The molecule has 1 aromatic carbocycles. The fourth-order valence-electron chi connectivity index (χ4n) is 1.23. The first-order valence-corrected chi connectivity index (χ1v) is 5.68. The maximum atomic E-state index is 9.82. The topological polar surface area (TPSA) is 91.6 Å². The summed E-state index contributed by atoms with van der Waals surface area (Å²) < 4.78 is 0. The second kappa shape index (κ2) is 5.57. The van der Waals surface area contributed by atoms with Crippen molar-refractivity contribution < 1.29 is 5.11 Å². The van der Waals surface area contributed by atoms with Crippen LogP contribution in [0.2, 0.25) is 5.02 Å². The number of thioether (sulfide) groups is 1. The van der Waals surface area contributed by atoms with Crippen molar-refractivity contribution in [2.24, 2.45) is 0 Å². The van der Waals surface area contributed by atoms with E-state index in [2.05, 4.69) is 0 Å². The van der Waals surface area contributed by atoms with Crippen LogP contribution in [0.5, 0.6) is 0 Å². The average Bonchev–Trinajstić information content (AvgIpc) is 2.36. The van der Waals surface area contributed by atoms with Crippen LogP contribution in [-0.2, 0) is 0 Å². The van der Waals surface area contributed by atoms with Gasteiger partial charge in [-0.2, -0.15) is 15.8 Å². The number of hydrogen-bond acceptors (Lipinski definition) is 5. The lowest BCUT2D eigenvalue weighted by atomic mass is 9.97. The molecular formula is C11H6ClN3OS. The first-order valence-electron chi connectivity index (χ1n) is 4.42. The Labute approximate surface area is 108 Å². The molecule has 1 rings (SSSR count). The summed E-state index contributed by atoms with van der Waals surface area (Å²) in [5, 5.41) is 37.4. The molecule has 6 heteroatoms. The highest BCUT2D eigenvalue weighted by atomic mass is 35.5. The lowest BCUT2D eigenvalue weighted by Crippen LogP contribution is -2.30. The summed E-state index contributed by atoms with van der Waals surface area (Å²) in [5.74, 6) is 0. The van der Waals surface area contributed by atoms with Crippen LogP contribution in [0.1, 0.15) is 10.8 Å². The van der Waals surface area contributed by atoms with Crippen LogP contribution in [0.25, 0.3) is 0 Å². The fraction of sp³-hybridized carbons (Fsp3) is 0.182. The molecule has 0 bridgehead atoms. The van der Waals surface area contributed by atoms with Crippen LogP contribution in [0.15, 0.2) is 24.3 Å². The van der Waals surface area contributed by atoms with Crippen LogP contribution in [0, 0.1) is 33.3 Å². The van der Waals surface area contributed by atoms with Gasteiger partial charge in [0.15, 0.2) is 0 Å². The predicted octanol–water partition coefficient (Wildman–Crippen LogP) is 2.37.